The summed E-state index contributed by atoms with van der Waals surface area (Å²) in [4.78, 5) is 0. The molecule has 0 aromatic rings. The van der Waals surface area contributed by atoms with E-state index in [0.29, 0.717) is 11.2 Å². The highest BCUT2D eigenvalue weighted by Crippen LogP contribution is 2.32. The van der Waals surface area contributed by atoms with Gasteiger partial charge in [0.1, 0.15) is 0 Å². The summed E-state index contributed by atoms with van der Waals surface area (Å²) in [6.07, 6.45) is 7.02. The SMILES string of the molecule is [CH2]C(C)C(S)C1CCCCC1. The smallest absolute Gasteiger partial charge is 0.00707 e. The molecule has 0 spiro atoms. The van der Waals surface area contributed by atoms with Crippen LogP contribution in [0.1, 0.15) is 39.0 Å². The van der Waals surface area contributed by atoms with Crippen molar-refractivity contribution >= 4 is 12.6 Å². The maximum Gasteiger partial charge on any atom is 0.00707 e. The molecular formula is C10H19S. The van der Waals surface area contributed by atoms with Crippen LogP contribution in [0.4, 0.5) is 0 Å². The van der Waals surface area contributed by atoms with Crippen molar-refractivity contribution in [2.24, 2.45) is 11.8 Å². The predicted molar refractivity (Wildman–Crippen MR) is 53.9 cm³/mol. The van der Waals surface area contributed by atoms with Gasteiger partial charge in [-0.2, -0.15) is 12.6 Å². The normalized spacial score (nSPS) is 24.0. The first-order valence-corrected chi connectivity index (χ1v) is 5.24. The van der Waals surface area contributed by atoms with Crippen LogP contribution in [0.15, 0.2) is 0 Å². The van der Waals surface area contributed by atoms with Gasteiger partial charge >= 0.3 is 0 Å². The van der Waals surface area contributed by atoms with Gasteiger partial charge < -0.3 is 0 Å². The van der Waals surface area contributed by atoms with E-state index in [1.54, 1.807) is 0 Å². The van der Waals surface area contributed by atoms with Crippen molar-refractivity contribution in [2.75, 3.05) is 0 Å². The van der Waals surface area contributed by atoms with Gasteiger partial charge in [0.25, 0.3) is 0 Å². The largest absolute Gasteiger partial charge is 0.175 e. The molecule has 2 atom stereocenters. The Morgan fingerprint density at radius 1 is 1.27 bits per heavy atom. The van der Waals surface area contributed by atoms with Crippen molar-refractivity contribution in [2.45, 2.75) is 44.3 Å². The molecule has 11 heavy (non-hydrogen) atoms. The van der Waals surface area contributed by atoms with Crippen molar-refractivity contribution in [3.8, 4) is 0 Å². The fourth-order valence-corrected chi connectivity index (χ4v) is 2.24. The Hall–Kier alpha value is 0.350. The van der Waals surface area contributed by atoms with Gasteiger partial charge in [-0.05, 0) is 31.6 Å². The van der Waals surface area contributed by atoms with E-state index in [0.717, 1.165) is 5.92 Å². The van der Waals surface area contributed by atoms with Gasteiger partial charge in [-0.25, -0.2) is 0 Å². The van der Waals surface area contributed by atoms with E-state index in [1.165, 1.54) is 32.1 Å². The lowest BCUT2D eigenvalue weighted by Crippen LogP contribution is -2.22. The van der Waals surface area contributed by atoms with E-state index in [-0.39, 0.29) is 0 Å². The average Bonchev–Trinajstić information content (AvgIpc) is 2.05. The molecule has 0 nitrogen and oxygen atoms in total. The van der Waals surface area contributed by atoms with E-state index in [4.69, 9.17) is 0 Å². The zero-order valence-electron chi connectivity index (χ0n) is 7.42. The zero-order valence-corrected chi connectivity index (χ0v) is 8.32. The van der Waals surface area contributed by atoms with Crippen LogP contribution in [0, 0.1) is 18.8 Å². The van der Waals surface area contributed by atoms with E-state index in [2.05, 4.69) is 26.5 Å². The van der Waals surface area contributed by atoms with E-state index in [1.807, 2.05) is 0 Å². The molecule has 0 aromatic carbocycles. The number of hydrogen-bond acceptors (Lipinski definition) is 1. The van der Waals surface area contributed by atoms with Crippen LogP contribution in [-0.2, 0) is 0 Å². The Bertz CT molecular complexity index is 103. The summed E-state index contributed by atoms with van der Waals surface area (Å²) in [5, 5.41) is 0.537. The van der Waals surface area contributed by atoms with Crippen LogP contribution >= 0.6 is 12.6 Å². The molecule has 65 valence electrons. The zero-order chi connectivity index (χ0) is 8.27. The molecular weight excluding hydrogens is 152 g/mol. The van der Waals surface area contributed by atoms with E-state index >= 15 is 0 Å². The summed E-state index contributed by atoms with van der Waals surface area (Å²) < 4.78 is 0. The van der Waals surface area contributed by atoms with Gasteiger partial charge in [-0.3, -0.25) is 0 Å². The second-order valence-corrected chi connectivity index (χ2v) is 4.46. The molecule has 1 fully saturated rings. The first-order chi connectivity index (χ1) is 5.22. The molecule has 0 N–H and O–H groups in total. The molecule has 1 radical (unpaired) electrons. The van der Waals surface area contributed by atoms with Gasteiger partial charge in [0.05, 0.1) is 0 Å². The fourth-order valence-electron chi connectivity index (χ4n) is 1.94. The third-order valence-corrected chi connectivity index (χ3v) is 3.65. The van der Waals surface area contributed by atoms with Gasteiger partial charge in [0, 0.05) is 5.25 Å². The topological polar surface area (TPSA) is 0 Å². The third-order valence-electron chi connectivity index (χ3n) is 2.72. The van der Waals surface area contributed by atoms with Crippen LogP contribution in [0.3, 0.4) is 0 Å². The number of hydrogen-bond donors (Lipinski definition) is 1. The van der Waals surface area contributed by atoms with Gasteiger partial charge in [-0.15, -0.1) is 0 Å². The van der Waals surface area contributed by atoms with Gasteiger partial charge in [0.2, 0.25) is 0 Å². The molecule has 1 saturated carbocycles. The highest BCUT2D eigenvalue weighted by molar-refractivity contribution is 7.81. The minimum absolute atomic E-state index is 0.501. The first-order valence-electron chi connectivity index (χ1n) is 4.73. The molecule has 0 aromatic heterocycles. The maximum absolute atomic E-state index is 4.61. The summed E-state index contributed by atoms with van der Waals surface area (Å²) in [6.45, 7) is 6.21. The molecule has 0 bridgehead atoms. The first kappa shape index (κ1) is 9.44. The van der Waals surface area contributed by atoms with Crippen molar-refractivity contribution in [1.29, 1.82) is 0 Å². The van der Waals surface area contributed by atoms with Gasteiger partial charge in [0.15, 0.2) is 0 Å². The number of rotatable bonds is 2. The third kappa shape index (κ3) is 2.70. The second-order valence-electron chi connectivity index (χ2n) is 3.87. The maximum atomic E-state index is 4.61. The Morgan fingerprint density at radius 2 is 1.82 bits per heavy atom. The average molecular weight is 171 g/mol. The minimum Gasteiger partial charge on any atom is -0.175 e. The molecule has 1 heteroatoms. The fraction of sp³-hybridized carbons (Fsp3) is 0.900. The van der Waals surface area contributed by atoms with Crippen LogP contribution in [0.2, 0.25) is 0 Å². The molecule has 0 saturated heterocycles. The molecule has 1 rings (SSSR count). The Balaban J connectivity index is 2.32. The number of thiol groups is 1. The quantitative estimate of drug-likeness (QED) is 0.605. The molecule has 1 aliphatic rings. The van der Waals surface area contributed by atoms with Crippen molar-refractivity contribution < 1.29 is 0 Å². The summed E-state index contributed by atoms with van der Waals surface area (Å²) in [6, 6.07) is 0. The van der Waals surface area contributed by atoms with Crippen LogP contribution in [0.25, 0.3) is 0 Å². The minimum atomic E-state index is 0.501. The Kier molecular flexibility index (Phi) is 3.77. The summed E-state index contributed by atoms with van der Waals surface area (Å²) in [5.41, 5.74) is 0. The van der Waals surface area contributed by atoms with Crippen molar-refractivity contribution in [3.05, 3.63) is 6.92 Å². The molecule has 1 aliphatic carbocycles. The Labute approximate surface area is 76.2 Å². The molecule has 0 amide bonds. The van der Waals surface area contributed by atoms with Crippen molar-refractivity contribution in [3.63, 3.8) is 0 Å². The summed E-state index contributed by atoms with van der Waals surface area (Å²) in [5.74, 6) is 1.35. The molecule has 0 heterocycles. The highest BCUT2D eigenvalue weighted by Gasteiger charge is 2.22. The summed E-state index contributed by atoms with van der Waals surface area (Å²) >= 11 is 4.61. The predicted octanol–water partition coefficient (Wildman–Crippen LogP) is 3.34. The van der Waals surface area contributed by atoms with Crippen LogP contribution in [0.5, 0.6) is 0 Å². The monoisotopic (exact) mass is 171 g/mol. The molecule has 2 unspecified atom stereocenters. The Morgan fingerprint density at radius 3 is 2.27 bits per heavy atom. The molecule has 0 aliphatic heterocycles. The van der Waals surface area contributed by atoms with Crippen LogP contribution < -0.4 is 0 Å². The standard InChI is InChI=1S/C10H19S/c1-8(2)10(11)9-6-4-3-5-7-9/h8-11H,1,3-7H2,2H3. The lowest BCUT2D eigenvalue weighted by atomic mass is 9.83. The van der Waals surface area contributed by atoms with E-state index < -0.39 is 0 Å². The second kappa shape index (κ2) is 4.39. The highest BCUT2D eigenvalue weighted by atomic mass is 32.1. The van der Waals surface area contributed by atoms with Gasteiger partial charge in [-0.1, -0.05) is 26.2 Å². The van der Waals surface area contributed by atoms with E-state index in [9.17, 15) is 0 Å². The summed E-state index contributed by atoms with van der Waals surface area (Å²) in [7, 11) is 0. The van der Waals surface area contributed by atoms with Crippen molar-refractivity contribution in [1.82, 2.24) is 0 Å². The van der Waals surface area contributed by atoms with Crippen LogP contribution in [-0.4, -0.2) is 5.25 Å². The lowest BCUT2D eigenvalue weighted by molar-refractivity contribution is 0.326. The lowest BCUT2D eigenvalue weighted by Gasteiger charge is -2.29.